The third-order valence-corrected chi connectivity index (χ3v) is 1.43. The van der Waals surface area contributed by atoms with Crippen LogP contribution in [-0.4, -0.2) is 18.2 Å². The van der Waals surface area contributed by atoms with Crippen molar-refractivity contribution in [3.8, 4) is 6.07 Å². The molecule has 15 heavy (non-hydrogen) atoms. The molecular weight excluding hydrogens is 194 g/mol. The van der Waals surface area contributed by atoms with Gasteiger partial charge in [0.25, 0.3) is 0 Å². The van der Waals surface area contributed by atoms with Crippen LogP contribution in [0.4, 0.5) is 0 Å². The predicted octanol–water partition coefficient (Wildman–Crippen LogP) is 2.16. The molecule has 0 radical (unpaired) electrons. The van der Waals surface area contributed by atoms with Crippen LogP contribution in [0.3, 0.4) is 0 Å². The molecule has 0 fully saturated rings. The molecule has 0 bridgehead atoms. The summed E-state index contributed by atoms with van der Waals surface area (Å²) >= 11 is 0. The van der Waals surface area contributed by atoms with Gasteiger partial charge in [-0.3, -0.25) is 0 Å². The van der Waals surface area contributed by atoms with Gasteiger partial charge in [0.1, 0.15) is 17.4 Å². The highest BCUT2D eigenvalue weighted by atomic mass is 16.6. The summed E-state index contributed by atoms with van der Waals surface area (Å²) in [5, 5.41) is 8.80. The first-order valence-electron chi connectivity index (χ1n) is 4.79. The first-order valence-corrected chi connectivity index (χ1v) is 4.79. The van der Waals surface area contributed by atoms with Crippen LogP contribution in [-0.2, 0) is 14.3 Å². The number of allylic oxidation sites excluding steroid dienone is 1. The maximum atomic E-state index is 11.5. The second kappa shape index (κ2) is 5.40. The van der Waals surface area contributed by atoms with Crippen molar-refractivity contribution in [3.05, 3.63) is 11.3 Å². The Bertz CT molecular complexity index is 305. The van der Waals surface area contributed by atoms with Gasteiger partial charge >= 0.3 is 5.97 Å². The van der Waals surface area contributed by atoms with E-state index in [4.69, 9.17) is 14.7 Å². The second-order valence-corrected chi connectivity index (χ2v) is 3.98. The second-order valence-electron chi connectivity index (χ2n) is 3.98. The minimum atomic E-state index is -0.643. The van der Waals surface area contributed by atoms with Crippen molar-refractivity contribution in [2.24, 2.45) is 0 Å². The minimum absolute atomic E-state index is 0.0771. The number of carbonyl (C=O) groups is 1. The van der Waals surface area contributed by atoms with Gasteiger partial charge < -0.3 is 9.47 Å². The summed E-state index contributed by atoms with van der Waals surface area (Å²) in [6.07, 6.45) is 0. The van der Waals surface area contributed by atoms with Crippen molar-refractivity contribution >= 4 is 5.97 Å². The van der Waals surface area contributed by atoms with Crippen LogP contribution in [0, 0.1) is 11.3 Å². The number of ether oxygens (including phenoxy) is 2. The molecule has 4 nitrogen and oxygen atoms in total. The Hall–Kier alpha value is -1.50. The summed E-state index contributed by atoms with van der Waals surface area (Å²) in [5.74, 6) is -0.342. The van der Waals surface area contributed by atoms with Gasteiger partial charge in [0, 0.05) is 0 Å². The molecule has 0 aliphatic rings. The van der Waals surface area contributed by atoms with E-state index in [1.54, 1.807) is 40.7 Å². The molecule has 0 atom stereocenters. The zero-order valence-electron chi connectivity index (χ0n) is 9.88. The number of nitrogens with zero attached hydrogens (tertiary/aromatic N) is 1. The maximum absolute atomic E-state index is 11.5. The number of esters is 1. The average Bonchev–Trinajstić information content (AvgIpc) is 2.02. The molecular formula is C11H17NO3. The summed E-state index contributed by atoms with van der Waals surface area (Å²) in [5.41, 5.74) is -0.683. The largest absolute Gasteiger partial charge is 0.497 e. The normalized spacial score (nSPS) is 12.5. The Morgan fingerprint density at radius 1 is 1.40 bits per heavy atom. The van der Waals surface area contributed by atoms with E-state index in [2.05, 4.69) is 0 Å². The maximum Gasteiger partial charge on any atom is 0.352 e. The molecule has 0 aliphatic heterocycles. The molecule has 0 aromatic heterocycles. The van der Waals surface area contributed by atoms with Crippen LogP contribution < -0.4 is 0 Å². The predicted molar refractivity (Wildman–Crippen MR) is 55.8 cm³/mol. The lowest BCUT2D eigenvalue weighted by Crippen LogP contribution is -2.25. The van der Waals surface area contributed by atoms with Crippen LogP contribution >= 0.6 is 0 Å². The van der Waals surface area contributed by atoms with Crippen molar-refractivity contribution < 1.29 is 14.3 Å². The van der Waals surface area contributed by atoms with Crippen molar-refractivity contribution in [1.29, 1.82) is 5.26 Å². The van der Waals surface area contributed by atoms with Gasteiger partial charge in [-0.2, -0.15) is 5.26 Å². The van der Waals surface area contributed by atoms with Gasteiger partial charge in [0.15, 0.2) is 5.57 Å². The van der Waals surface area contributed by atoms with Gasteiger partial charge in [-0.25, -0.2) is 4.79 Å². The molecule has 0 aliphatic carbocycles. The van der Waals surface area contributed by atoms with Crippen LogP contribution in [0.1, 0.15) is 34.6 Å². The SMILES string of the molecule is CCOC(C)=C(C#N)C(=O)OC(C)(C)C. The van der Waals surface area contributed by atoms with Crippen molar-refractivity contribution in [2.75, 3.05) is 6.61 Å². The molecule has 0 saturated carbocycles. The lowest BCUT2D eigenvalue weighted by Gasteiger charge is -2.19. The van der Waals surface area contributed by atoms with E-state index in [0.717, 1.165) is 0 Å². The Balaban J connectivity index is 4.79. The highest BCUT2D eigenvalue weighted by molar-refractivity contribution is 5.93. The van der Waals surface area contributed by atoms with E-state index in [-0.39, 0.29) is 5.57 Å². The third kappa shape index (κ3) is 5.06. The molecule has 0 N–H and O–H groups in total. The topological polar surface area (TPSA) is 59.3 Å². The first kappa shape index (κ1) is 13.5. The minimum Gasteiger partial charge on any atom is -0.497 e. The summed E-state index contributed by atoms with van der Waals surface area (Å²) < 4.78 is 10.1. The van der Waals surface area contributed by atoms with Gasteiger partial charge in [0.05, 0.1) is 6.61 Å². The van der Waals surface area contributed by atoms with E-state index >= 15 is 0 Å². The molecule has 0 rings (SSSR count). The molecule has 0 heterocycles. The molecule has 4 heteroatoms. The summed E-state index contributed by atoms with van der Waals surface area (Å²) in [4.78, 5) is 11.5. The fraction of sp³-hybridized carbons (Fsp3) is 0.636. The number of hydrogen-bond donors (Lipinski definition) is 0. The fourth-order valence-corrected chi connectivity index (χ4v) is 0.886. The summed E-state index contributed by atoms with van der Waals surface area (Å²) in [6, 6.07) is 1.79. The molecule has 0 amide bonds. The molecule has 84 valence electrons. The fourth-order valence-electron chi connectivity index (χ4n) is 0.886. The van der Waals surface area contributed by atoms with Crippen molar-refractivity contribution in [2.45, 2.75) is 40.2 Å². The van der Waals surface area contributed by atoms with E-state index in [9.17, 15) is 4.79 Å². The number of carbonyl (C=O) groups excluding carboxylic acids is 1. The average molecular weight is 211 g/mol. The quantitative estimate of drug-likeness (QED) is 0.310. The van der Waals surface area contributed by atoms with Gasteiger partial charge in [-0.05, 0) is 34.6 Å². The summed E-state index contributed by atoms with van der Waals surface area (Å²) in [7, 11) is 0. The molecule has 0 spiro atoms. The Morgan fingerprint density at radius 3 is 2.27 bits per heavy atom. The van der Waals surface area contributed by atoms with E-state index in [0.29, 0.717) is 12.4 Å². The Morgan fingerprint density at radius 2 is 1.93 bits per heavy atom. The van der Waals surface area contributed by atoms with Crippen LogP contribution in [0.5, 0.6) is 0 Å². The van der Waals surface area contributed by atoms with Crippen LogP contribution in [0.25, 0.3) is 0 Å². The molecule has 0 aromatic carbocycles. The van der Waals surface area contributed by atoms with E-state index < -0.39 is 11.6 Å². The monoisotopic (exact) mass is 211 g/mol. The van der Waals surface area contributed by atoms with Crippen LogP contribution in [0.15, 0.2) is 11.3 Å². The Labute approximate surface area is 90.5 Å². The molecule has 0 unspecified atom stereocenters. The van der Waals surface area contributed by atoms with Crippen molar-refractivity contribution in [1.82, 2.24) is 0 Å². The number of hydrogen-bond acceptors (Lipinski definition) is 4. The van der Waals surface area contributed by atoms with E-state index in [1.807, 2.05) is 0 Å². The number of rotatable bonds is 3. The third-order valence-electron chi connectivity index (χ3n) is 1.43. The smallest absolute Gasteiger partial charge is 0.352 e. The first-order chi connectivity index (χ1) is 6.81. The summed E-state index contributed by atoms with van der Waals surface area (Å²) in [6.45, 7) is 9.01. The van der Waals surface area contributed by atoms with Gasteiger partial charge in [-0.1, -0.05) is 0 Å². The highest BCUT2D eigenvalue weighted by Gasteiger charge is 2.22. The lowest BCUT2D eigenvalue weighted by molar-refractivity contribution is -0.149. The molecule has 0 aromatic rings. The van der Waals surface area contributed by atoms with E-state index in [1.165, 1.54) is 0 Å². The highest BCUT2D eigenvalue weighted by Crippen LogP contribution is 2.13. The van der Waals surface area contributed by atoms with Crippen molar-refractivity contribution in [3.63, 3.8) is 0 Å². The van der Waals surface area contributed by atoms with Crippen LogP contribution in [0.2, 0.25) is 0 Å². The zero-order chi connectivity index (χ0) is 12.1. The Kier molecular flexibility index (Phi) is 4.86. The number of nitriles is 1. The zero-order valence-corrected chi connectivity index (χ0v) is 9.88. The molecule has 0 saturated heterocycles. The standard InChI is InChI=1S/C11H17NO3/c1-6-14-8(2)9(7-12)10(13)15-11(3,4)5/h6H2,1-5H3. The van der Waals surface area contributed by atoms with Gasteiger partial charge in [-0.15, -0.1) is 0 Å². The van der Waals surface area contributed by atoms with Gasteiger partial charge in [0.2, 0.25) is 0 Å². The lowest BCUT2D eigenvalue weighted by atomic mass is 10.2.